The fourth-order valence-electron chi connectivity index (χ4n) is 2.89. The monoisotopic (exact) mass is 466 g/mol. The van der Waals surface area contributed by atoms with Crippen molar-refractivity contribution in [3.63, 3.8) is 0 Å². The van der Waals surface area contributed by atoms with Crippen molar-refractivity contribution in [2.24, 2.45) is 0 Å². The van der Waals surface area contributed by atoms with Crippen LogP contribution in [0, 0.1) is 0 Å². The average molecular weight is 467 g/mol. The van der Waals surface area contributed by atoms with Crippen molar-refractivity contribution in [3.8, 4) is 0 Å². The smallest absolute Gasteiger partial charge is 0.228 e. The Balaban J connectivity index is 5.16. The van der Waals surface area contributed by atoms with Gasteiger partial charge in [0.25, 0.3) is 0 Å². The van der Waals surface area contributed by atoms with Gasteiger partial charge in [-0.25, -0.2) is 8.42 Å². The Morgan fingerprint density at radius 3 is 1.19 bits per heavy atom. The minimum Gasteiger partial charge on any atom is -0.228 e. The molecule has 0 aliphatic rings. The Morgan fingerprint density at radius 1 is 0.630 bits per heavy atom. The lowest BCUT2D eigenvalue weighted by Gasteiger charge is -2.25. The van der Waals surface area contributed by atoms with E-state index in [9.17, 15) is 34.8 Å². The Hall–Kier alpha value is 0.110. The van der Waals surface area contributed by atoms with Gasteiger partial charge in [0.2, 0.25) is 0 Å². The van der Waals surface area contributed by atoms with E-state index >= 15 is 0 Å². The van der Waals surface area contributed by atoms with Gasteiger partial charge in [0, 0.05) is 24.6 Å². The molecule has 2 atom stereocenters. The lowest BCUT2D eigenvalue weighted by atomic mass is 10.1. The molecule has 2 nitrogen and oxygen atoms in total. The van der Waals surface area contributed by atoms with Crippen molar-refractivity contribution in [1.29, 1.82) is 0 Å². The van der Waals surface area contributed by atoms with Gasteiger partial charge in [0.05, 0.1) is 10.5 Å². The third-order valence-electron chi connectivity index (χ3n) is 4.22. The van der Waals surface area contributed by atoms with Crippen LogP contribution < -0.4 is 0 Å². The number of alkyl halides is 8. The van der Waals surface area contributed by atoms with Gasteiger partial charge in [-0.15, -0.1) is 23.2 Å². The molecule has 0 heterocycles. The Bertz CT molecular complexity index is 456. The van der Waals surface area contributed by atoms with Gasteiger partial charge in [0.15, 0.2) is 9.84 Å². The van der Waals surface area contributed by atoms with E-state index in [4.69, 9.17) is 23.2 Å². The molecule has 0 aromatic heterocycles. The molecule has 11 heteroatoms. The maximum Gasteiger partial charge on any atom is 0.389 e. The number of hydrogen-bond acceptors (Lipinski definition) is 2. The van der Waals surface area contributed by atoms with Crippen LogP contribution in [-0.2, 0) is 9.84 Å². The van der Waals surface area contributed by atoms with E-state index < -0.39 is 45.5 Å². The zero-order valence-corrected chi connectivity index (χ0v) is 17.2. The second-order valence-corrected chi connectivity index (χ2v) is 9.78. The summed E-state index contributed by atoms with van der Waals surface area (Å²) >= 11 is 11.2. The molecule has 0 saturated heterocycles. The van der Waals surface area contributed by atoms with E-state index in [1.807, 2.05) is 0 Å². The summed E-state index contributed by atoms with van der Waals surface area (Å²) in [5, 5.41) is -2.07. The summed E-state index contributed by atoms with van der Waals surface area (Å²) in [6.45, 7) is 0. The summed E-state index contributed by atoms with van der Waals surface area (Å²) in [7, 11) is -3.90. The summed E-state index contributed by atoms with van der Waals surface area (Å²) in [4.78, 5) is 0. The molecule has 0 amide bonds. The van der Waals surface area contributed by atoms with Crippen LogP contribution in [0.15, 0.2) is 0 Å². The molecule has 0 aliphatic heterocycles. The molecule has 164 valence electrons. The normalized spacial score (nSPS) is 15.7. The summed E-state index contributed by atoms with van der Waals surface area (Å²) in [5.74, 6) is 0.317. The molecule has 27 heavy (non-hydrogen) atoms. The molecule has 0 rings (SSSR count). The molecule has 0 aromatic carbocycles. The zero-order valence-electron chi connectivity index (χ0n) is 14.9. The lowest BCUT2D eigenvalue weighted by Crippen LogP contribution is -2.33. The molecule has 0 fully saturated rings. The second kappa shape index (κ2) is 12.6. The minimum atomic E-state index is -4.38. The number of rotatable bonds is 14. The van der Waals surface area contributed by atoms with E-state index in [2.05, 4.69) is 0 Å². The first-order valence-corrected chi connectivity index (χ1v) is 11.5. The summed E-state index contributed by atoms with van der Waals surface area (Å²) < 4.78 is 100. The van der Waals surface area contributed by atoms with Gasteiger partial charge in [0.1, 0.15) is 0 Å². The SMILES string of the molecule is O=S(=O)(C(CCCCl)CCCC(F)(F)F)C(CCCCl)CCCC(F)(F)F. The summed E-state index contributed by atoms with van der Waals surface area (Å²) in [6, 6.07) is 0. The van der Waals surface area contributed by atoms with Crippen LogP contribution in [0.5, 0.6) is 0 Å². The van der Waals surface area contributed by atoms with E-state index in [0.29, 0.717) is 12.8 Å². The highest BCUT2D eigenvalue weighted by Gasteiger charge is 2.35. The first kappa shape index (κ1) is 27.1. The Kier molecular flexibility index (Phi) is 12.7. The molecule has 0 spiro atoms. The zero-order chi connectivity index (χ0) is 21.1. The highest BCUT2D eigenvalue weighted by molar-refractivity contribution is 7.92. The molecule has 0 radical (unpaired) electrons. The maximum atomic E-state index is 12.9. The van der Waals surface area contributed by atoms with Crippen LogP contribution >= 0.6 is 23.2 Å². The lowest BCUT2D eigenvalue weighted by molar-refractivity contribution is -0.136. The Labute approximate surface area is 166 Å². The highest BCUT2D eigenvalue weighted by atomic mass is 35.5. The quantitative estimate of drug-likeness (QED) is 0.212. The fraction of sp³-hybridized carbons (Fsp3) is 1.00. The van der Waals surface area contributed by atoms with Crippen molar-refractivity contribution in [1.82, 2.24) is 0 Å². The van der Waals surface area contributed by atoms with Gasteiger partial charge in [-0.2, -0.15) is 26.3 Å². The van der Waals surface area contributed by atoms with Crippen molar-refractivity contribution < 1.29 is 34.8 Å². The Morgan fingerprint density at radius 2 is 0.926 bits per heavy atom. The van der Waals surface area contributed by atoms with Crippen LogP contribution in [0.25, 0.3) is 0 Å². The first-order chi connectivity index (χ1) is 12.3. The van der Waals surface area contributed by atoms with Gasteiger partial charge < -0.3 is 0 Å². The van der Waals surface area contributed by atoms with Crippen LogP contribution in [0.1, 0.15) is 64.2 Å². The number of sulfone groups is 1. The molecule has 0 bridgehead atoms. The van der Waals surface area contributed by atoms with Crippen LogP contribution in [0.4, 0.5) is 26.3 Å². The predicted molar refractivity (Wildman–Crippen MR) is 96.2 cm³/mol. The standard InChI is InChI=1S/C16H26Cl2F6O2S/c17-11-3-7-13(5-1-9-15(19,20)21)27(25,26)14(8-4-12-18)6-2-10-16(22,23)24/h13-14H,1-12H2. The third kappa shape index (κ3) is 13.0. The predicted octanol–water partition coefficient (Wildman–Crippen LogP) is 6.64. The molecule has 0 N–H and O–H groups in total. The van der Waals surface area contributed by atoms with E-state index in [1.54, 1.807) is 0 Å². The van der Waals surface area contributed by atoms with Crippen LogP contribution in [-0.4, -0.2) is 43.0 Å². The van der Waals surface area contributed by atoms with Crippen LogP contribution in [0.2, 0.25) is 0 Å². The summed E-state index contributed by atoms with van der Waals surface area (Å²) in [6.07, 6.45) is -11.2. The highest BCUT2D eigenvalue weighted by Crippen LogP contribution is 2.31. The van der Waals surface area contributed by atoms with Gasteiger partial charge in [-0.1, -0.05) is 0 Å². The van der Waals surface area contributed by atoms with E-state index in [0.717, 1.165) is 0 Å². The topological polar surface area (TPSA) is 34.1 Å². The number of hydrogen-bond donors (Lipinski definition) is 0. The van der Waals surface area contributed by atoms with Gasteiger partial charge >= 0.3 is 12.4 Å². The second-order valence-electron chi connectivity index (χ2n) is 6.51. The first-order valence-electron chi connectivity index (χ1n) is 8.81. The maximum absolute atomic E-state index is 12.9. The fourth-order valence-corrected chi connectivity index (χ4v) is 5.72. The van der Waals surface area contributed by atoms with Crippen molar-refractivity contribution >= 4 is 33.0 Å². The van der Waals surface area contributed by atoms with E-state index in [-0.39, 0.29) is 50.3 Å². The van der Waals surface area contributed by atoms with E-state index in [1.165, 1.54) is 0 Å². The molecule has 0 aromatic rings. The number of halogens is 8. The van der Waals surface area contributed by atoms with Gasteiger partial charge in [-0.05, 0) is 51.4 Å². The van der Waals surface area contributed by atoms with Crippen molar-refractivity contribution in [2.75, 3.05) is 11.8 Å². The largest absolute Gasteiger partial charge is 0.389 e. The van der Waals surface area contributed by atoms with Crippen LogP contribution in [0.3, 0.4) is 0 Å². The summed E-state index contributed by atoms with van der Waals surface area (Å²) in [5.41, 5.74) is 0. The van der Waals surface area contributed by atoms with Crippen molar-refractivity contribution in [3.05, 3.63) is 0 Å². The molecular formula is C16H26Cl2F6O2S. The molecule has 0 saturated carbocycles. The van der Waals surface area contributed by atoms with Gasteiger partial charge in [-0.3, -0.25) is 0 Å². The average Bonchev–Trinajstić information content (AvgIpc) is 2.51. The van der Waals surface area contributed by atoms with Crippen molar-refractivity contribution in [2.45, 2.75) is 87.1 Å². The molecule has 2 unspecified atom stereocenters. The minimum absolute atomic E-state index is 0.0976. The third-order valence-corrected chi connectivity index (χ3v) is 7.56. The molecule has 0 aliphatic carbocycles. The molecular weight excluding hydrogens is 441 g/mol.